The lowest BCUT2D eigenvalue weighted by molar-refractivity contribution is -0.135. The number of esters is 1. The van der Waals surface area contributed by atoms with E-state index in [1.54, 1.807) is 6.92 Å². The number of halogens is 4. The summed E-state index contributed by atoms with van der Waals surface area (Å²) in [5.41, 5.74) is 0.237. The molecule has 1 atom stereocenters. The van der Waals surface area contributed by atoms with Crippen molar-refractivity contribution in [3.63, 3.8) is 0 Å². The fourth-order valence-electron chi connectivity index (χ4n) is 1.83. The number of carbonyl (C=O) groups is 1. The van der Waals surface area contributed by atoms with Gasteiger partial charge in [-0.15, -0.1) is 0 Å². The van der Waals surface area contributed by atoms with Gasteiger partial charge in [0.05, 0.1) is 18.4 Å². The van der Waals surface area contributed by atoms with Crippen LogP contribution in [0.5, 0.6) is 0 Å². The first-order valence-corrected chi connectivity index (χ1v) is 6.44. The Morgan fingerprint density at radius 3 is 2.62 bits per heavy atom. The maximum Gasteiger partial charge on any atom is 0.389 e. The van der Waals surface area contributed by atoms with Crippen LogP contribution in [0.3, 0.4) is 0 Å². The van der Waals surface area contributed by atoms with Gasteiger partial charge in [0.25, 0.3) is 0 Å². The number of hydrogen-bond donors (Lipinski definition) is 1. The SMILES string of the molecule is COC(=O)c1ccc(F)c(NC(C)CCCC(F)(F)F)c1. The van der Waals surface area contributed by atoms with Gasteiger partial charge in [0.2, 0.25) is 0 Å². The number of ether oxygens (including phenoxy) is 1. The van der Waals surface area contributed by atoms with E-state index in [1.807, 2.05) is 0 Å². The van der Waals surface area contributed by atoms with Gasteiger partial charge in [-0.3, -0.25) is 0 Å². The average Bonchev–Trinajstić information content (AvgIpc) is 2.39. The minimum Gasteiger partial charge on any atom is -0.465 e. The monoisotopic (exact) mass is 307 g/mol. The molecule has 0 saturated carbocycles. The molecule has 21 heavy (non-hydrogen) atoms. The fourth-order valence-corrected chi connectivity index (χ4v) is 1.83. The molecule has 1 unspecified atom stereocenters. The third-order valence-corrected chi connectivity index (χ3v) is 2.89. The first-order valence-electron chi connectivity index (χ1n) is 6.44. The Hall–Kier alpha value is -1.79. The first-order chi connectivity index (χ1) is 9.73. The van der Waals surface area contributed by atoms with Crippen molar-refractivity contribution in [1.82, 2.24) is 0 Å². The Morgan fingerprint density at radius 2 is 2.05 bits per heavy atom. The zero-order chi connectivity index (χ0) is 16.0. The molecule has 0 aliphatic heterocycles. The normalized spacial score (nSPS) is 12.9. The Bertz CT molecular complexity index is 488. The van der Waals surface area contributed by atoms with Gasteiger partial charge in [0.1, 0.15) is 5.82 Å². The number of benzene rings is 1. The summed E-state index contributed by atoms with van der Waals surface area (Å²) in [5.74, 6) is -1.19. The summed E-state index contributed by atoms with van der Waals surface area (Å²) in [6.07, 6.45) is -4.86. The molecule has 0 aliphatic rings. The highest BCUT2D eigenvalue weighted by Gasteiger charge is 2.26. The second-order valence-corrected chi connectivity index (χ2v) is 4.74. The molecule has 3 nitrogen and oxygen atoms in total. The second-order valence-electron chi connectivity index (χ2n) is 4.74. The zero-order valence-electron chi connectivity index (χ0n) is 11.8. The molecular formula is C14H17F4NO2. The predicted molar refractivity (Wildman–Crippen MR) is 70.7 cm³/mol. The van der Waals surface area contributed by atoms with Crippen LogP contribution in [-0.4, -0.2) is 25.3 Å². The number of hydrogen-bond acceptors (Lipinski definition) is 3. The van der Waals surface area contributed by atoms with Crippen LogP contribution in [0.2, 0.25) is 0 Å². The van der Waals surface area contributed by atoms with Crippen molar-refractivity contribution in [3.8, 4) is 0 Å². The summed E-state index contributed by atoms with van der Waals surface area (Å²) >= 11 is 0. The van der Waals surface area contributed by atoms with Crippen LogP contribution >= 0.6 is 0 Å². The van der Waals surface area contributed by atoms with Crippen molar-refractivity contribution in [3.05, 3.63) is 29.6 Å². The molecule has 0 amide bonds. The second kappa shape index (κ2) is 7.28. The Kier molecular flexibility index (Phi) is 5.99. The smallest absolute Gasteiger partial charge is 0.389 e. The van der Waals surface area contributed by atoms with E-state index in [1.165, 1.54) is 19.2 Å². The summed E-state index contributed by atoms with van der Waals surface area (Å²) in [5, 5.41) is 2.77. The minimum atomic E-state index is -4.18. The molecule has 0 bridgehead atoms. The van der Waals surface area contributed by atoms with Crippen LogP contribution in [0.15, 0.2) is 18.2 Å². The fraction of sp³-hybridized carbons (Fsp3) is 0.500. The number of methoxy groups -OCH3 is 1. The highest BCUT2D eigenvalue weighted by atomic mass is 19.4. The number of carbonyl (C=O) groups excluding carboxylic acids is 1. The van der Waals surface area contributed by atoms with Gasteiger partial charge >= 0.3 is 12.1 Å². The molecule has 1 aromatic rings. The van der Waals surface area contributed by atoms with E-state index < -0.39 is 24.4 Å². The molecular weight excluding hydrogens is 290 g/mol. The molecule has 0 saturated heterocycles. The third kappa shape index (κ3) is 6.01. The van der Waals surface area contributed by atoms with Gasteiger partial charge < -0.3 is 10.1 Å². The number of nitrogens with one attached hydrogen (secondary N) is 1. The number of anilines is 1. The Morgan fingerprint density at radius 1 is 1.38 bits per heavy atom. The van der Waals surface area contributed by atoms with E-state index in [2.05, 4.69) is 10.1 Å². The van der Waals surface area contributed by atoms with Crippen LogP contribution in [0.1, 0.15) is 36.5 Å². The summed E-state index contributed by atoms with van der Waals surface area (Å²) in [6, 6.07) is 3.31. The topological polar surface area (TPSA) is 38.3 Å². The molecule has 7 heteroatoms. The van der Waals surface area contributed by atoms with E-state index in [9.17, 15) is 22.4 Å². The summed E-state index contributed by atoms with van der Waals surface area (Å²) in [4.78, 5) is 11.3. The largest absolute Gasteiger partial charge is 0.465 e. The molecule has 0 radical (unpaired) electrons. The lowest BCUT2D eigenvalue weighted by Gasteiger charge is -2.16. The molecule has 0 aliphatic carbocycles. The van der Waals surface area contributed by atoms with Crippen molar-refractivity contribution >= 4 is 11.7 Å². The maximum atomic E-state index is 13.6. The van der Waals surface area contributed by atoms with E-state index in [-0.39, 0.29) is 30.1 Å². The van der Waals surface area contributed by atoms with Crippen molar-refractivity contribution < 1.29 is 27.1 Å². The third-order valence-electron chi connectivity index (χ3n) is 2.89. The number of alkyl halides is 3. The van der Waals surface area contributed by atoms with E-state index in [4.69, 9.17) is 0 Å². The van der Waals surface area contributed by atoms with Crippen molar-refractivity contribution in [2.45, 2.75) is 38.4 Å². The van der Waals surface area contributed by atoms with Gasteiger partial charge in [-0.05, 0) is 38.0 Å². The lowest BCUT2D eigenvalue weighted by atomic mass is 10.1. The molecule has 1 rings (SSSR count). The van der Waals surface area contributed by atoms with Crippen molar-refractivity contribution in [2.24, 2.45) is 0 Å². The standard InChI is InChI=1S/C14H17F4NO2/c1-9(4-3-7-14(16,17)18)19-12-8-10(13(20)21-2)5-6-11(12)15/h5-6,8-9,19H,3-4,7H2,1-2H3. The van der Waals surface area contributed by atoms with Crippen LogP contribution in [0, 0.1) is 5.82 Å². The first kappa shape index (κ1) is 17.3. The van der Waals surface area contributed by atoms with Gasteiger partial charge in [0, 0.05) is 12.5 Å². The highest BCUT2D eigenvalue weighted by molar-refractivity contribution is 5.90. The minimum absolute atomic E-state index is 0.0457. The molecule has 0 fully saturated rings. The Labute approximate surface area is 120 Å². The van der Waals surface area contributed by atoms with Crippen LogP contribution in [-0.2, 0) is 4.74 Å². The molecule has 1 N–H and O–H groups in total. The van der Waals surface area contributed by atoms with Gasteiger partial charge in [-0.25, -0.2) is 9.18 Å². The molecule has 0 aromatic heterocycles. The molecule has 118 valence electrons. The average molecular weight is 307 g/mol. The van der Waals surface area contributed by atoms with Crippen LogP contribution in [0.25, 0.3) is 0 Å². The molecule has 0 heterocycles. The van der Waals surface area contributed by atoms with Crippen LogP contribution in [0.4, 0.5) is 23.2 Å². The summed E-state index contributed by atoms with van der Waals surface area (Å²) in [7, 11) is 1.21. The van der Waals surface area contributed by atoms with E-state index in [0.29, 0.717) is 0 Å². The van der Waals surface area contributed by atoms with Gasteiger partial charge in [0.15, 0.2) is 0 Å². The Balaban J connectivity index is 2.63. The van der Waals surface area contributed by atoms with Gasteiger partial charge in [-0.1, -0.05) is 0 Å². The predicted octanol–water partition coefficient (Wildman–Crippen LogP) is 4.15. The maximum absolute atomic E-state index is 13.6. The van der Waals surface area contributed by atoms with E-state index in [0.717, 1.165) is 6.07 Å². The zero-order valence-corrected chi connectivity index (χ0v) is 11.8. The quantitative estimate of drug-likeness (QED) is 0.634. The van der Waals surface area contributed by atoms with E-state index >= 15 is 0 Å². The van der Waals surface area contributed by atoms with Crippen LogP contribution < -0.4 is 5.32 Å². The molecule has 0 spiro atoms. The van der Waals surface area contributed by atoms with Crippen molar-refractivity contribution in [1.29, 1.82) is 0 Å². The van der Waals surface area contributed by atoms with Crippen molar-refractivity contribution in [2.75, 3.05) is 12.4 Å². The lowest BCUT2D eigenvalue weighted by Crippen LogP contribution is -2.18. The summed E-state index contributed by atoms with van der Waals surface area (Å²) < 4.78 is 54.3. The highest BCUT2D eigenvalue weighted by Crippen LogP contribution is 2.24. The number of rotatable bonds is 6. The molecule has 1 aromatic carbocycles. The van der Waals surface area contributed by atoms with Gasteiger partial charge in [-0.2, -0.15) is 13.2 Å². The summed E-state index contributed by atoms with van der Waals surface area (Å²) in [6.45, 7) is 1.65.